The summed E-state index contributed by atoms with van der Waals surface area (Å²) in [5.74, 6) is -0.167. The molecule has 1 aromatic rings. The van der Waals surface area contributed by atoms with Crippen LogP contribution in [0.25, 0.3) is 0 Å². The molecule has 1 aliphatic heterocycles. The third-order valence-electron chi connectivity index (χ3n) is 4.33. The highest BCUT2D eigenvalue weighted by molar-refractivity contribution is 5.87. The van der Waals surface area contributed by atoms with Crippen LogP contribution in [0, 0.1) is 0 Å². The first kappa shape index (κ1) is 17.5. The summed E-state index contributed by atoms with van der Waals surface area (Å²) >= 11 is 0. The van der Waals surface area contributed by atoms with Gasteiger partial charge in [-0.3, -0.25) is 9.69 Å². The van der Waals surface area contributed by atoms with Crippen molar-refractivity contribution in [2.75, 3.05) is 13.1 Å². The van der Waals surface area contributed by atoms with E-state index in [1.54, 1.807) is 12.1 Å². The smallest absolute Gasteiger partial charge is 0.350 e. The molecule has 0 bridgehead atoms. The molecule has 1 N–H and O–H groups in total. The fraction of sp³-hybridized carbons (Fsp3) is 0.471. The number of nitrogens with zero attached hydrogens (tertiary/aromatic N) is 1. The Hall–Kier alpha value is -1.82. The van der Waals surface area contributed by atoms with E-state index >= 15 is 0 Å². The summed E-state index contributed by atoms with van der Waals surface area (Å²) in [7, 11) is 0. The summed E-state index contributed by atoms with van der Waals surface area (Å²) < 4.78 is 37.8. The minimum atomic E-state index is -4.30. The number of likely N-dealkylation sites (tertiary alicyclic amines) is 1. The van der Waals surface area contributed by atoms with E-state index in [2.05, 4.69) is 16.8 Å². The molecule has 0 radical (unpaired) electrons. The maximum Gasteiger partial charge on any atom is 0.416 e. The quantitative estimate of drug-likeness (QED) is 0.859. The molecule has 126 valence electrons. The van der Waals surface area contributed by atoms with Gasteiger partial charge in [0.05, 0.1) is 5.56 Å². The fourth-order valence-corrected chi connectivity index (χ4v) is 2.85. The normalized spacial score (nSPS) is 18.4. The van der Waals surface area contributed by atoms with Gasteiger partial charge in [-0.25, -0.2) is 0 Å². The lowest BCUT2D eigenvalue weighted by molar-refractivity contribution is -0.137. The van der Waals surface area contributed by atoms with Crippen LogP contribution in [0.5, 0.6) is 0 Å². The Labute approximate surface area is 134 Å². The van der Waals surface area contributed by atoms with E-state index in [1.807, 2.05) is 6.92 Å². The Morgan fingerprint density at radius 1 is 1.30 bits per heavy atom. The van der Waals surface area contributed by atoms with Crippen LogP contribution in [0.15, 0.2) is 36.9 Å². The van der Waals surface area contributed by atoms with Crippen LogP contribution in [0.3, 0.4) is 0 Å². The van der Waals surface area contributed by atoms with E-state index in [0.717, 1.165) is 43.6 Å². The first-order valence-corrected chi connectivity index (χ1v) is 7.65. The summed E-state index contributed by atoms with van der Waals surface area (Å²) in [6.45, 7) is 7.01. The first-order chi connectivity index (χ1) is 10.8. The predicted molar refractivity (Wildman–Crippen MR) is 82.8 cm³/mol. The SMILES string of the molecule is C=CC(=O)NC1CCN([C@@H](C)c2ccc(C(F)(F)F)cc2)CC1. The highest BCUT2D eigenvalue weighted by atomic mass is 19.4. The number of hydrogen-bond acceptors (Lipinski definition) is 2. The topological polar surface area (TPSA) is 32.3 Å². The van der Waals surface area contributed by atoms with Gasteiger partial charge in [0.1, 0.15) is 0 Å². The van der Waals surface area contributed by atoms with Crippen molar-refractivity contribution >= 4 is 5.91 Å². The van der Waals surface area contributed by atoms with Crippen molar-refractivity contribution < 1.29 is 18.0 Å². The monoisotopic (exact) mass is 326 g/mol. The number of benzene rings is 1. The second kappa shape index (κ2) is 7.17. The van der Waals surface area contributed by atoms with Gasteiger partial charge in [0.15, 0.2) is 0 Å². The second-order valence-electron chi connectivity index (χ2n) is 5.82. The van der Waals surface area contributed by atoms with Crippen LogP contribution < -0.4 is 5.32 Å². The maximum absolute atomic E-state index is 12.6. The van der Waals surface area contributed by atoms with Crippen molar-refractivity contribution in [3.63, 3.8) is 0 Å². The van der Waals surface area contributed by atoms with Gasteiger partial charge in [-0.15, -0.1) is 0 Å². The van der Waals surface area contributed by atoms with Crippen molar-refractivity contribution in [2.45, 2.75) is 38.0 Å². The van der Waals surface area contributed by atoms with E-state index in [-0.39, 0.29) is 18.0 Å². The Bertz CT molecular complexity index is 546. The lowest BCUT2D eigenvalue weighted by Gasteiger charge is -2.36. The van der Waals surface area contributed by atoms with Crippen molar-refractivity contribution in [1.82, 2.24) is 10.2 Å². The van der Waals surface area contributed by atoms with Crippen LogP contribution in [-0.4, -0.2) is 29.9 Å². The number of rotatable bonds is 4. The summed E-state index contributed by atoms with van der Waals surface area (Å²) in [6.07, 6.45) is -1.39. The Morgan fingerprint density at radius 2 is 1.87 bits per heavy atom. The van der Waals surface area contributed by atoms with Crippen LogP contribution >= 0.6 is 0 Å². The summed E-state index contributed by atoms with van der Waals surface area (Å²) in [4.78, 5) is 13.5. The molecular weight excluding hydrogens is 305 g/mol. The van der Waals surface area contributed by atoms with Crippen molar-refractivity contribution in [2.24, 2.45) is 0 Å². The molecule has 1 aromatic carbocycles. The zero-order chi connectivity index (χ0) is 17.0. The largest absolute Gasteiger partial charge is 0.416 e. The molecule has 1 heterocycles. The average molecular weight is 326 g/mol. The lowest BCUT2D eigenvalue weighted by atomic mass is 9.99. The molecule has 1 atom stereocenters. The Morgan fingerprint density at radius 3 is 2.35 bits per heavy atom. The van der Waals surface area contributed by atoms with E-state index in [0.29, 0.717) is 0 Å². The van der Waals surface area contributed by atoms with Gasteiger partial charge >= 0.3 is 6.18 Å². The highest BCUT2D eigenvalue weighted by Gasteiger charge is 2.30. The zero-order valence-corrected chi connectivity index (χ0v) is 13.1. The first-order valence-electron chi connectivity index (χ1n) is 7.65. The number of nitrogens with one attached hydrogen (secondary N) is 1. The molecule has 2 rings (SSSR count). The Balaban J connectivity index is 1.93. The molecule has 0 aromatic heterocycles. The molecule has 1 fully saturated rings. The summed E-state index contributed by atoms with van der Waals surface area (Å²) in [5.41, 5.74) is 0.242. The van der Waals surface area contributed by atoms with E-state index in [9.17, 15) is 18.0 Å². The maximum atomic E-state index is 12.6. The summed E-state index contributed by atoms with van der Waals surface area (Å²) in [5, 5.41) is 2.88. The molecule has 0 saturated carbocycles. The highest BCUT2D eigenvalue weighted by Crippen LogP contribution is 2.31. The van der Waals surface area contributed by atoms with E-state index in [4.69, 9.17) is 0 Å². The number of alkyl halides is 3. The minimum absolute atomic E-state index is 0.0494. The van der Waals surface area contributed by atoms with Gasteiger partial charge in [-0.1, -0.05) is 18.7 Å². The van der Waals surface area contributed by atoms with Gasteiger partial charge in [0.25, 0.3) is 0 Å². The number of hydrogen-bond donors (Lipinski definition) is 1. The molecular formula is C17H21F3N2O. The number of halogens is 3. The fourth-order valence-electron chi connectivity index (χ4n) is 2.85. The van der Waals surface area contributed by atoms with Gasteiger partial charge in [0, 0.05) is 25.2 Å². The number of carbonyl (C=O) groups excluding carboxylic acids is 1. The molecule has 3 nitrogen and oxygen atoms in total. The number of carbonyl (C=O) groups is 1. The number of amides is 1. The molecule has 0 unspecified atom stereocenters. The molecule has 1 amide bonds. The average Bonchev–Trinajstić information content (AvgIpc) is 2.54. The van der Waals surface area contributed by atoms with Crippen molar-refractivity contribution in [1.29, 1.82) is 0 Å². The van der Waals surface area contributed by atoms with Gasteiger partial charge < -0.3 is 5.32 Å². The Kier molecular flexibility index (Phi) is 5.46. The zero-order valence-electron chi connectivity index (χ0n) is 13.1. The van der Waals surface area contributed by atoms with E-state index < -0.39 is 11.7 Å². The predicted octanol–water partition coefficient (Wildman–Crippen LogP) is 3.53. The van der Waals surface area contributed by atoms with Crippen LogP contribution in [0.2, 0.25) is 0 Å². The third kappa shape index (κ3) is 4.58. The molecule has 1 saturated heterocycles. The van der Waals surface area contributed by atoms with Gasteiger partial charge in [0.2, 0.25) is 5.91 Å². The van der Waals surface area contributed by atoms with E-state index in [1.165, 1.54) is 6.08 Å². The molecule has 1 aliphatic rings. The van der Waals surface area contributed by atoms with Crippen LogP contribution in [-0.2, 0) is 11.0 Å². The molecule has 0 aliphatic carbocycles. The van der Waals surface area contributed by atoms with Crippen molar-refractivity contribution in [3.8, 4) is 0 Å². The molecule has 6 heteroatoms. The standard InChI is InChI=1S/C17H21F3N2O/c1-3-16(23)21-15-8-10-22(11-9-15)12(2)13-4-6-14(7-5-13)17(18,19)20/h3-7,12,15H,1,8-11H2,2H3,(H,21,23)/t12-/m0/s1. The minimum Gasteiger partial charge on any atom is -0.350 e. The van der Waals surface area contributed by atoms with Gasteiger partial charge in [-0.05, 0) is 43.5 Å². The van der Waals surface area contributed by atoms with Crippen LogP contribution in [0.1, 0.15) is 36.9 Å². The third-order valence-corrected chi connectivity index (χ3v) is 4.33. The lowest BCUT2D eigenvalue weighted by Crippen LogP contribution is -2.44. The van der Waals surface area contributed by atoms with Crippen LogP contribution in [0.4, 0.5) is 13.2 Å². The van der Waals surface area contributed by atoms with Crippen molar-refractivity contribution in [3.05, 3.63) is 48.0 Å². The molecule has 0 spiro atoms. The van der Waals surface area contributed by atoms with Gasteiger partial charge in [-0.2, -0.15) is 13.2 Å². The summed E-state index contributed by atoms with van der Waals surface area (Å²) in [6, 6.07) is 5.52. The molecule has 23 heavy (non-hydrogen) atoms. The number of piperidine rings is 1. The second-order valence-corrected chi connectivity index (χ2v) is 5.82.